The van der Waals surface area contributed by atoms with E-state index in [9.17, 15) is 9.59 Å². The summed E-state index contributed by atoms with van der Waals surface area (Å²) in [4.78, 5) is 38.0. The summed E-state index contributed by atoms with van der Waals surface area (Å²) in [6.45, 7) is 0. The van der Waals surface area contributed by atoms with Gasteiger partial charge >= 0.3 is 0 Å². The van der Waals surface area contributed by atoms with E-state index in [0.29, 0.717) is 17.3 Å². The van der Waals surface area contributed by atoms with Gasteiger partial charge in [-0.2, -0.15) is 0 Å². The molecular weight excluding hydrogens is 396 g/mol. The number of hydrogen-bond acceptors (Lipinski definition) is 8. The smallest absolute Gasteiger partial charge is 0.276 e. The highest BCUT2D eigenvalue weighted by Crippen LogP contribution is 2.39. The Morgan fingerprint density at radius 2 is 1.87 bits per heavy atom. The Morgan fingerprint density at radius 1 is 1.13 bits per heavy atom. The minimum absolute atomic E-state index is 0.0678. The molecule has 0 aliphatic heterocycles. The first kappa shape index (κ1) is 20.5. The summed E-state index contributed by atoms with van der Waals surface area (Å²) < 4.78 is 0. The number of carbonyl (C=O) groups excluding carboxylic acids is 2. The monoisotopic (exact) mass is 420 g/mol. The van der Waals surface area contributed by atoms with Crippen molar-refractivity contribution in [2.75, 3.05) is 12.4 Å². The molecule has 0 saturated heterocycles. The molecule has 0 unspecified atom stereocenters. The van der Waals surface area contributed by atoms with Crippen molar-refractivity contribution in [1.29, 1.82) is 5.41 Å². The summed E-state index contributed by atoms with van der Waals surface area (Å²) in [6, 6.07) is 3.81. The van der Waals surface area contributed by atoms with Gasteiger partial charge < -0.3 is 21.3 Å². The second-order valence-corrected chi connectivity index (χ2v) is 7.58. The van der Waals surface area contributed by atoms with Crippen LogP contribution >= 0.6 is 0 Å². The first-order valence-electron chi connectivity index (χ1n) is 10.2. The number of nitrogens with one attached hydrogen (secondary N) is 5. The highest BCUT2D eigenvalue weighted by Gasteiger charge is 2.29. The Morgan fingerprint density at radius 3 is 2.52 bits per heavy atom. The number of aromatic nitrogens is 3. The van der Waals surface area contributed by atoms with E-state index in [4.69, 9.17) is 5.41 Å². The molecule has 5 N–H and O–H groups in total. The van der Waals surface area contributed by atoms with Crippen LogP contribution in [0.4, 0.5) is 11.4 Å². The molecule has 0 radical (unpaired) electrons. The van der Waals surface area contributed by atoms with Crippen LogP contribution in [0.15, 0.2) is 42.8 Å². The fourth-order valence-corrected chi connectivity index (χ4v) is 2.98. The highest BCUT2D eigenvalue weighted by atomic mass is 16.2. The quantitative estimate of drug-likeness (QED) is 0.387. The normalized spacial score (nSPS) is 15.7. The zero-order valence-electron chi connectivity index (χ0n) is 17.1. The molecule has 2 saturated carbocycles. The Kier molecular flexibility index (Phi) is 5.87. The fraction of sp³-hybridized carbons (Fsp3) is 0.333. The lowest BCUT2D eigenvalue weighted by molar-refractivity contribution is -0.114. The molecule has 2 aliphatic carbocycles. The van der Waals surface area contributed by atoms with Crippen molar-refractivity contribution in [1.82, 2.24) is 30.9 Å². The molecule has 4 rings (SSSR count). The van der Waals surface area contributed by atoms with E-state index in [2.05, 4.69) is 36.2 Å². The predicted octanol–water partition coefficient (Wildman–Crippen LogP) is 1.58. The summed E-state index contributed by atoms with van der Waals surface area (Å²) >= 11 is 0. The number of amides is 2. The molecule has 0 spiro atoms. The van der Waals surface area contributed by atoms with Crippen molar-refractivity contribution in [2.24, 2.45) is 0 Å². The van der Waals surface area contributed by atoms with Gasteiger partial charge in [0.15, 0.2) is 5.69 Å². The fourth-order valence-electron chi connectivity index (χ4n) is 2.98. The molecule has 0 aromatic carbocycles. The lowest BCUT2D eigenvalue weighted by Crippen LogP contribution is -2.39. The minimum atomic E-state index is -0.524. The lowest BCUT2D eigenvalue weighted by Gasteiger charge is -2.15. The molecule has 2 aromatic rings. The maximum atomic E-state index is 13.2. The lowest BCUT2D eigenvalue weighted by atomic mass is 10.2. The molecule has 2 aromatic heterocycles. The van der Waals surface area contributed by atoms with Crippen molar-refractivity contribution in [3.8, 4) is 0 Å². The van der Waals surface area contributed by atoms with Crippen LogP contribution < -0.4 is 21.3 Å². The highest BCUT2D eigenvalue weighted by molar-refractivity contribution is 6.44. The van der Waals surface area contributed by atoms with Gasteiger partial charge in [-0.25, -0.2) is 15.0 Å². The summed E-state index contributed by atoms with van der Waals surface area (Å²) in [7, 11) is 1.63. The Bertz CT molecular complexity index is 1030. The minimum Gasteiger partial charge on any atom is -0.392 e. The average molecular weight is 420 g/mol. The standard InChI is InChI=1S/C21H24N8O2/c1-23-10-17(18(22)20(30)27-13-4-5-13)29-21(31)19-16(26-14-8-24-11-25-9-14)7-6-15(28-19)12-2-3-12/h6-13,22-23,26H,2-5H2,1H3,(H,27,30)(H,29,31)/b17-10+,22-18?. The number of nitrogens with zero attached hydrogens (tertiary/aromatic N) is 3. The molecule has 0 atom stereocenters. The molecule has 2 heterocycles. The van der Waals surface area contributed by atoms with E-state index < -0.39 is 11.8 Å². The van der Waals surface area contributed by atoms with Crippen molar-refractivity contribution < 1.29 is 9.59 Å². The van der Waals surface area contributed by atoms with Gasteiger partial charge in [-0.3, -0.25) is 15.0 Å². The van der Waals surface area contributed by atoms with Crippen LogP contribution in [0.25, 0.3) is 0 Å². The van der Waals surface area contributed by atoms with Crippen LogP contribution in [0.3, 0.4) is 0 Å². The summed E-state index contributed by atoms with van der Waals surface area (Å²) in [5.41, 5.74) is 1.86. The van der Waals surface area contributed by atoms with Gasteiger partial charge in [0.2, 0.25) is 0 Å². The van der Waals surface area contributed by atoms with Gasteiger partial charge in [-0.05, 0) is 37.8 Å². The number of anilines is 2. The zero-order chi connectivity index (χ0) is 21.8. The topological polar surface area (TPSA) is 145 Å². The van der Waals surface area contributed by atoms with Gasteiger partial charge in [0.25, 0.3) is 11.8 Å². The molecule has 10 nitrogen and oxygen atoms in total. The maximum absolute atomic E-state index is 13.2. The Labute approximate surface area is 179 Å². The van der Waals surface area contributed by atoms with Gasteiger partial charge in [0, 0.05) is 30.9 Å². The van der Waals surface area contributed by atoms with Crippen LogP contribution in [-0.2, 0) is 4.79 Å². The summed E-state index contributed by atoms with van der Waals surface area (Å²) in [5.74, 6) is -0.688. The van der Waals surface area contributed by atoms with Crippen LogP contribution in [0.5, 0.6) is 0 Å². The zero-order valence-corrected chi connectivity index (χ0v) is 17.1. The van der Waals surface area contributed by atoms with Gasteiger partial charge in [-0.15, -0.1) is 0 Å². The summed E-state index contributed by atoms with van der Waals surface area (Å²) in [5, 5.41) is 19.5. The Balaban J connectivity index is 1.57. The van der Waals surface area contributed by atoms with E-state index in [1.54, 1.807) is 25.5 Å². The third kappa shape index (κ3) is 5.21. The third-order valence-corrected chi connectivity index (χ3v) is 4.91. The molecule has 31 heavy (non-hydrogen) atoms. The number of hydrogen-bond donors (Lipinski definition) is 5. The van der Waals surface area contributed by atoms with Crippen LogP contribution in [0.2, 0.25) is 0 Å². The maximum Gasteiger partial charge on any atom is 0.276 e. The number of carbonyl (C=O) groups is 2. The average Bonchev–Trinajstić information content (AvgIpc) is 3.68. The van der Waals surface area contributed by atoms with Crippen molar-refractivity contribution in [3.05, 3.63) is 54.1 Å². The van der Waals surface area contributed by atoms with Crippen molar-refractivity contribution in [3.63, 3.8) is 0 Å². The van der Waals surface area contributed by atoms with Crippen LogP contribution in [0.1, 0.15) is 47.8 Å². The molecule has 10 heteroatoms. The van der Waals surface area contributed by atoms with E-state index in [-0.39, 0.29) is 23.1 Å². The van der Waals surface area contributed by atoms with Gasteiger partial charge in [0.1, 0.15) is 12.0 Å². The molecular formula is C21H24N8O2. The molecule has 2 aliphatic rings. The van der Waals surface area contributed by atoms with Crippen molar-refractivity contribution in [2.45, 2.75) is 37.6 Å². The van der Waals surface area contributed by atoms with E-state index in [0.717, 1.165) is 31.4 Å². The van der Waals surface area contributed by atoms with Crippen LogP contribution in [0, 0.1) is 5.41 Å². The summed E-state index contributed by atoms with van der Waals surface area (Å²) in [6.07, 6.45) is 9.92. The van der Waals surface area contributed by atoms with Gasteiger partial charge in [0.05, 0.1) is 29.5 Å². The number of pyridine rings is 1. The molecule has 0 bridgehead atoms. The second-order valence-electron chi connectivity index (χ2n) is 7.58. The van der Waals surface area contributed by atoms with Crippen LogP contribution in [-0.4, -0.2) is 45.6 Å². The largest absolute Gasteiger partial charge is 0.392 e. The number of rotatable bonds is 9. The van der Waals surface area contributed by atoms with Gasteiger partial charge in [-0.1, -0.05) is 0 Å². The third-order valence-electron chi connectivity index (χ3n) is 4.91. The van der Waals surface area contributed by atoms with Crippen molar-refractivity contribution >= 4 is 28.9 Å². The Hall–Kier alpha value is -3.82. The van der Waals surface area contributed by atoms with E-state index in [1.807, 2.05) is 6.07 Å². The van der Waals surface area contributed by atoms with E-state index >= 15 is 0 Å². The predicted molar refractivity (Wildman–Crippen MR) is 115 cm³/mol. The molecule has 160 valence electrons. The first-order chi connectivity index (χ1) is 15.0. The SMILES string of the molecule is CN/C=C(/NC(=O)c1nc(C2CC2)ccc1Nc1cncnc1)C(=N)C(=O)NC1CC1. The molecule has 2 fully saturated rings. The van der Waals surface area contributed by atoms with E-state index in [1.165, 1.54) is 12.5 Å². The second kappa shape index (κ2) is 8.90. The molecule has 2 amide bonds. The first-order valence-corrected chi connectivity index (χ1v) is 10.2.